The first-order chi connectivity index (χ1) is 6.58. The van der Waals surface area contributed by atoms with Crippen molar-refractivity contribution in [2.45, 2.75) is 33.2 Å². The number of aromatic nitrogens is 1. The SMILES string of the molecule is CC(C)C[C@@H](C)Nc1ccc(Cl)nc1. The van der Waals surface area contributed by atoms with Crippen molar-refractivity contribution >= 4 is 17.3 Å². The fourth-order valence-electron chi connectivity index (χ4n) is 1.51. The molecule has 14 heavy (non-hydrogen) atoms. The molecule has 0 aliphatic rings. The van der Waals surface area contributed by atoms with Crippen LogP contribution in [0.4, 0.5) is 5.69 Å². The zero-order valence-electron chi connectivity index (χ0n) is 8.92. The molecule has 0 radical (unpaired) electrons. The van der Waals surface area contributed by atoms with Crippen LogP contribution in [0.15, 0.2) is 18.3 Å². The lowest BCUT2D eigenvalue weighted by molar-refractivity contribution is 0.539. The number of pyridine rings is 1. The molecule has 0 fully saturated rings. The highest BCUT2D eigenvalue weighted by Gasteiger charge is 2.04. The molecule has 1 atom stereocenters. The molecule has 0 spiro atoms. The number of nitrogens with zero attached hydrogens (tertiary/aromatic N) is 1. The maximum atomic E-state index is 5.69. The highest BCUT2D eigenvalue weighted by atomic mass is 35.5. The maximum absolute atomic E-state index is 5.69. The van der Waals surface area contributed by atoms with Gasteiger partial charge < -0.3 is 5.32 Å². The van der Waals surface area contributed by atoms with Gasteiger partial charge in [0.2, 0.25) is 0 Å². The van der Waals surface area contributed by atoms with E-state index in [1.54, 1.807) is 12.3 Å². The van der Waals surface area contributed by atoms with Crippen LogP contribution in [0, 0.1) is 5.92 Å². The molecule has 1 heterocycles. The normalized spacial score (nSPS) is 12.9. The quantitative estimate of drug-likeness (QED) is 0.772. The summed E-state index contributed by atoms with van der Waals surface area (Å²) in [7, 11) is 0. The van der Waals surface area contributed by atoms with Crippen LogP contribution < -0.4 is 5.32 Å². The summed E-state index contributed by atoms with van der Waals surface area (Å²) in [5.74, 6) is 0.706. The van der Waals surface area contributed by atoms with Gasteiger partial charge in [-0.2, -0.15) is 0 Å². The van der Waals surface area contributed by atoms with Crippen molar-refractivity contribution in [3.8, 4) is 0 Å². The number of nitrogens with one attached hydrogen (secondary N) is 1. The number of rotatable bonds is 4. The minimum Gasteiger partial charge on any atom is -0.381 e. The van der Waals surface area contributed by atoms with Crippen molar-refractivity contribution in [3.63, 3.8) is 0 Å². The highest BCUT2D eigenvalue weighted by molar-refractivity contribution is 6.29. The standard InChI is InChI=1S/C11H17ClN2/c1-8(2)6-9(3)14-10-4-5-11(12)13-7-10/h4-5,7-9,14H,6H2,1-3H3/t9-/m1/s1. The van der Waals surface area contributed by atoms with Crippen LogP contribution in [0.5, 0.6) is 0 Å². The summed E-state index contributed by atoms with van der Waals surface area (Å²) >= 11 is 5.69. The molecular weight excluding hydrogens is 196 g/mol. The average molecular weight is 213 g/mol. The van der Waals surface area contributed by atoms with Crippen LogP contribution in [0.2, 0.25) is 5.15 Å². The molecule has 78 valence electrons. The first kappa shape index (κ1) is 11.3. The smallest absolute Gasteiger partial charge is 0.129 e. The van der Waals surface area contributed by atoms with Gasteiger partial charge in [-0.15, -0.1) is 0 Å². The highest BCUT2D eigenvalue weighted by Crippen LogP contribution is 2.13. The molecule has 1 N–H and O–H groups in total. The van der Waals surface area contributed by atoms with E-state index in [0.29, 0.717) is 17.1 Å². The Morgan fingerprint density at radius 3 is 2.57 bits per heavy atom. The van der Waals surface area contributed by atoms with Crippen LogP contribution >= 0.6 is 11.6 Å². The summed E-state index contributed by atoms with van der Waals surface area (Å²) in [6.07, 6.45) is 2.92. The number of halogens is 1. The predicted octanol–water partition coefficient (Wildman–Crippen LogP) is 3.58. The fourth-order valence-corrected chi connectivity index (χ4v) is 1.62. The van der Waals surface area contributed by atoms with Gasteiger partial charge >= 0.3 is 0 Å². The van der Waals surface area contributed by atoms with Gasteiger partial charge in [-0.3, -0.25) is 0 Å². The first-order valence-corrected chi connectivity index (χ1v) is 5.34. The molecule has 1 aromatic rings. The van der Waals surface area contributed by atoms with Gasteiger partial charge in [-0.25, -0.2) is 4.98 Å². The Morgan fingerprint density at radius 1 is 1.36 bits per heavy atom. The molecule has 0 amide bonds. The summed E-state index contributed by atoms with van der Waals surface area (Å²) in [6.45, 7) is 6.62. The Hall–Kier alpha value is -0.760. The van der Waals surface area contributed by atoms with Gasteiger partial charge in [0.05, 0.1) is 11.9 Å². The average Bonchev–Trinajstić information content (AvgIpc) is 2.07. The van der Waals surface area contributed by atoms with Crippen molar-refractivity contribution in [3.05, 3.63) is 23.5 Å². The Labute approximate surface area is 90.7 Å². The molecule has 1 rings (SSSR count). The van der Waals surface area contributed by atoms with Crippen molar-refractivity contribution in [2.24, 2.45) is 5.92 Å². The largest absolute Gasteiger partial charge is 0.381 e. The number of hydrogen-bond acceptors (Lipinski definition) is 2. The molecule has 1 aromatic heterocycles. The molecule has 0 unspecified atom stereocenters. The Morgan fingerprint density at radius 2 is 2.07 bits per heavy atom. The molecule has 0 aromatic carbocycles. The zero-order chi connectivity index (χ0) is 10.6. The second-order valence-corrected chi connectivity index (χ2v) is 4.43. The van der Waals surface area contributed by atoms with Crippen molar-refractivity contribution in [1.29, 1.82) is 0 Å². The van der Waals surface area contributed by atoms with E-state index < -0.39 is 0 Å². The maximum Gasteiger partial charge on any atom is 0.129 e. The van der Waals surface area contributed by atoms with Gasteiger partial charge in [0.15, 0.2) is 0 Å². The monoisotopic (exact) mass is 212 g/mol. The molecular formula is C11H17ClN2. The predicted molar refractivity (Wildman–Crippen MR) is 61.8 cm³/mol. The molecule has 2 nitrogen and oxygen atoms in total. The third-order valence-electron chi connectivity index (χ3n) is 1.97. The van der Waals surface area contributed by atoms with Crippen LogP contribution in [-0.2, 0) is 0 Å². The van der Waals surface area contributed by atoms with Gasteiger partial charge in [-0.05, 0) is 31.4 Å². The second-order valence-electron chi connectivity index (χ2n) is 4.04. The summed E-state index contributed by atoms with van der Waals surface area (Å²) in [5, 5.41) is 3.91. The second kappa shape index (κ2) is 5.20. The van der Waals surface area contributed by atoms with Crippen molar-refractivity contribution in [1.82, 2.24) is 4.98 Å². The number of hydrogen-bond donors (Lipinski definition) is 1. The van der Waals surface area contributed by atoms with Crippen LogP contribution in [0.25, 0.3) is 0 Å². The molecule has 0 aliphatic heterocycles. The van der Waals surface area contributed by atoms with E-state index in [1.807, 2.05) is 6.07 Å². The molecule has 0 bridgehead atoms. The van der Waals surface area contributed by atoms with E-state index in [4.69, 9.17) is 11.6 Å². The molecule has 0 aliphatic carbocycles. The fraction of sp³-hybridized carbons (Fsp3) is 0.545. The van der Waals surface area contributed by atoms with Gasteiger partial charge in [0.1, 0.15) is 5.15 Å². The lowest BCUT2D eigenvalue weighted by Crippen LogP contribution is -2.17. The summed E-state index contributed by atoms with van der Waals surface area (Å²) in [5.41, 5.74) is 1.03. The third-order valence-corrected chi connectivity index (χ3v) is 2.19. The van der Waals surface area contributed by atoms with E-state index in [1.165, 1.54) is 0 Å². The van der Waals surface area contributed by atoms with E-state index in [2.05, 4.69) is 31.1 Å². The van der Waals surface area contributed by atoms with Gasteiger partial charge in [-0.1, -0.05) is 25.4 Å². The molecule has 0 saturated heterocycles. The Kier molecular flexibility index (Phi) is 4.21. The van der Waals surface area contributed by atoms with Crippen LogP contribution in [0.1, 0.15) is 27.2 Å². The molecule has 0 saturated carbocycles. The van der Waals surface area contributed by atoms with Crippen LogP contribution in [-0.4, -0.2) is 11.0 Å². The summed E-state index contributed by atoms with van der Waals surface area (Å²) in [4.78, 5) is 4.01. The topological polar surface area (TPSA) is 24.9 Å². The number of anilines is 1. The summed E-state index contributed by atoms with van der Waals surface area (Å²) < 4.78 is 0. The Balaban J connectivity index is 2.47. The first-order valence-electron chi connectivity index (χ1n) is 4.96. The van der Waals surface area contributed by atoms with Gasteiger partial charge in [0.25, 0.3) is 0 Å². The third kappa shape index (κ3) is 3.97. The minimum absolute atomic E-state index is 0.470. The van der Waals surface area contributed by atoms with Crippen molar-refractivity contribution < 1.29 is 0 Å². The summed E-state index contributed by atoms with van der Waals surface area (Å²) in [6, 6.07) is 4.22. The minimum atomic E-state index is 0.470. The molecule has 3 heteroatoms. The van der Waals surface area contributed by atoms with E-state index >= 15 is 0 Å². The van der Waals surface area contributed by atoms with Crippen molar-refractivity contribution in [2.75, 3.05) is 5.32 Å². The van der Waals surface area contributed by atoms with E-state index in [9.17, 15) is 0 Å². The van der Waals surface area contributed by atoms with E-state index in [-0.39, 0.29) is 0 Å². The van der Waals surface area contributed by atoms with E-state index in [0.717, 1.165) is 12.1 Å². The lowest BCUT2D eigenvalue weighted by Gasteiger charge is -2.16. The van der Waals surface area contributed by atoms with Gasteiger partial charge in [0, 0.05) is 6.04 Å². The Bertz CT molecular complexity index is 269. The zero-order valence-corrected chi connectivity index (χ0v) is 9.67. The van der Waals surface area contributed by atoms with Crippen LogP contribution in [0.3, 0.4) is 0 Å². The lowest BCUT2D eigenvalue weighted by atomic mass is 10.1.